The highest BCUT2D eigenvalue weighted by Gasteiger charge is 2.61. The van der Waals surface area contributed by atoms with Crippen molar-refractivity contribution in [3.8, 4) is 5.75 Å². The van der Waals surface area contributed by atoms with Crippen molar-refractivity contribution >= 4 is 21.7 Å². The number of aryl methyl sites for hydroxylation is 1. The molecule has 2 aliphatic carbocycles. The van der Waals surface area contributed by atoms with E-state index in [0.717, 1.165) is 30.3 Å². The number of carboxylic acid groups (broad SMARTS) is 1. The number of sulfone groups is 1. The van der Waals surface area contributed by atoms with Gasteiger partial charge < -0.3 is 14.7 Å². The molecule has 0 aromatic heterocycles. The van der Waals surface area contributed by atoms with Crippen molar-refractivity contribution in [3.63, 3.8) is 0 Å². The van der Waals surface area contributed by atoms with Crippen molar-refractivity contribution in [2.45, 2.75) is 73.4 Å². The Kier molecular flexibility index (Phi) is 8.56. The van der Waals surface area contributed by atoms with E-state index >= 15 is 0 Å². The summed E-state index contributed by atoms with van der Waals surface area (Å²) < 4.78 is 102. The van der Waals surface area contributed by atoms with E-state index in [0.29, 0.717) is 43.2 Å². The van der Waals surface area contributed by atoms with E-state index in [1.165, 1.54) is 24.3 Å². The number of carbonyl (C=O) groups excluding carboxylic acids is 1. The molecule has 2 fully saturated rings. The number of carboxylic acids is 1. The lowest BCUT2D eigenvalue weighted by molar-refractivity contribution is -0.146. The maximum absolute atomic E-state index is 14.6. The lowest BCUT2D eigenvalue weighted by Crippen LogP contribution is -2.53. The number of amides is 1. The molecular formula is C34H32F5NO6S. The molecule has 3 aromatic rings. The van der Waals surface area contributed by atoms with E-state index < -0.39 is 74.0 Å². The Balaban J connectivity index is 1.35. The Hall–Kier alpha value is -4.00. The predicted molar refractivity (Wildman–Crippen MR) is 159 cm³/mol. The molecule has 7 nitrogen and oxygen atoms in total. The summed E-state index contributed by atoms with van der Waals surface area (Å²) in [5, 5.41) is 9.38. The normalized spacial score (nSPS) is 24.4. The quantitative estimate of drug-likeness (QED) is 0.222. The van der Waals surface area contributed by atoms with Gasteiger partial charge in [0.1, 0.15) is 28.7 Å². The lowest BCUT2D eigenvalue weighted by atomic mass is 9.77. The van der Waals surface area contributed by atoms with Gasteiger partial charge in [0.2, 0.25) is 5.91 Å². The van der Waals surface area contributed by atoms with Gasteiger partial charge in [0.05, 0.1) is 22.4 Å². The monoisotopic (exact) mass is 677 g/mol. The van der Waals surface area contributed by atoms with Crippen LogP contribution in [0.5, 0.6) is 5.75 Å². The number of alkyl halides is 3. The second-order valence-corrected chi connectivity index (χ2v) is 14.6. The van der Waals surface area contributed by atoms with Crippen LogP contribution >= 0.6 is 0 Å². The summed E-state index contributed by atoms with van der Waals surface area (Å²) in [4.78, 5) is 26.8. The van der Waals surface area contributed by atoms with Crippen LogP contribution in [0.25, 0.3) is 0 Å². The first-order valence-electron chi connectivity index (χ1n) is 15.4. The third-order valence-corrected chi connectivity index (χ3v) is 12.5. The molecule has 1 saturated heterocycles. The van der Waals surface area contributed by atoms with Crippen molar-refractivity contribution in [2.24, 2.45) is 11.8 Å². The maximum atomic E-state index is 14.6. The number of benzene rings is 3. The van der Waals surface area contributed by atoms with Crippen molar-refractivity contribution in [1.82, 2.24) is 4.90 Å². The molecule has 13 heteroatoms. The first kappa shape index (κ1) is 32.9. The second kappa shape index (κ2) is 12.2. The molecule has 0 bridgehead atoms. The van der Waals surface area contributed by atoms with Gasteiger partial charge in [-0.05, 0) is 105 Å². The minimum atomic E-state index is -4.80. The van der Waals surface area contributed by atoms with Gasteiger partial charge in [-0.15, -0.1) is 0 Å². The van der Waals surface area contributed by atoms with Gasteiger partial charge in [-0.2, -0.15) is 13.2 Å². The fraction of sp³-hybridized carbons (Fsp3) is 0.412. The number of likely N-dealkylation sites (tertiary alicyclic amines) is 1. The molecule has 2 atom stereocenters. The third-order valence-electron chi connectivity index (χ3n) is 9.98. The number of rotatable bonds is 7. The van der Waals surface area contributed by atoms with Crippen LogP contribution in [0, 0.1) is 23.5 Å². The summed E-state index contributed by atoms with van der Waals surface area (Å²) in [6.07, 6.45) is -2.71. The smallest absolute Gasteiger partial charge is 0.416 e. The summed E-state index contributed by atoms with van der Waals surface area (Å²) in [6, 6.07) is 10.9. The Morgan fingerprint density at radius 2 is 1.62 bits per heavy atom. The van der Waals surface area contributed by atoms with Gasteiger partial charge >= 0.3 is 12.1 Å². The highest BCUT2D eigenvalue weighted by molar-refractivity contribution is 7.92. The number of hydrogen-bond acceptors (Lipinski definition) is 5. The average Bonchev–Trinajstić information content (AvgIpc) is 3.45. The zero-order valence-corrected chi connectivity index (χ0v) is 25.9. The highest BCUT2D eigenvalue weighted by atomic mass is 32.2. The first-order valence-corrected chi connectivity index (χ1v) is 16.9. The Morgan fingerprint density at radius 1 is 0.936 bits per heavy atom. The van der Waals surface area contributed by atoms with Crippen molar-refractivity contribution in [2.75, 3.05) is 6.54 Å². The summed E-state index contributed by atoms with van der Waals surface area (Å²) in [5.74, 6) is -3.65. The Morgan fingerprint density at radius 3 is 2.28 bits per heavy atom. The average molecular weight is 678 g/mol. The number of halogens is 5. The van der Waals surface area contributed by atoms with Gasteiger partial charge in [0.15, 0.2) is 9.84 Å². The zero-order chi connectivity index (χ0) is 33.7. The van der Waals surface area contributed by atoms with E-state index in [1.54, 1.807) is 11.0 Å². The summed E-state index contributed by atoms with van der Waals surface area (Å²) in [7, 11) is -4.26. The zero-order valence-electron chi connectivity index (χ0n) is 25.1. The molecule has 47 heavy (non-hydrogen) atoms. The highest BCUT2D eigenvalue weighted by Crippen LogP contribution is 2.54. The third kappa shape index (κ3) is 5.76. The van der Waals surface area contributed by atoms with E-state index in [4.69, 9.17) is 4.74 Å². The second-order valence-electron chi connectivity index (χ2n) is 12.4. The van der Waals surface area contributed by atoms with Crippen LogP contribution in [-0.4, -0.2) is 42.9 Å². The largest absolute Gasteiger partial charge is 0.489 e. The van der Waals surface area contributed by atoms with E-state index in [1.807, 2.05) is 0 Å². The number of aliphatic carboxylic acids is 1. The van der Waals surface area contributed by atoms with Gasteiger partial charge in [-0.1, -0.05) is 12.1 Å². The van der Waals surface area contributed by atoms with Crippen molar-refractivity contribution < 1.29 is 49.8 Å². The van der Waals surface area contributed by atoms with Gasteiger partial charge in [0, 0.05) is 18.0 Å². The number of nitrogens with zero attached hydrogens (tertiary/aromatic N) is 1. The molecule has 0 radical (unpaired) electrons. The van der Waals surface area contributed by atoms with E-state index in [-0.39, 0.29) is 35.9 Å². The van der Waals surface area contributed by atoms with Gasteiger partial charge in [0.25, 0.3) is 0 Å². The van der Waals surface area contributed by atoms with Crippen molar-refractivity contribution in [1.29, 1.82) is 0 Å². The molecule has 1 N–H and O–H groups in total. The molecule has 1 heterocycles. The number of hydrogen-bond donors (Lipinski definition) is 1. The van der Waals surface area contributed by atoms with E-state index in [9.17, 15) is 45.1 Å². The van der Waals surface area contributed by atoms with Crippen LogP contribution in [0.1, 0.15) is 60.8 Å². The number of ether oxygens (including phenoxy) is 1. The first-order chi connectivity index (χ1) is 22.2. The molecule has 0 unspecified atom stereocenters. The Labute approximate surface area is 268 Å². The molecule has 1 aliphatic heterocycles. The number of fused-ring (bicyclic) bond motifs is 3. The molecule has 6 rings (SSSR count). The van der Waals surface area contributed by atoms with Gasteiger partial charge in [-0.3, -0.25) is 9.59 Å². The van der Waals surface area contributed by atoms with Crippen LogP contribution in [0.4, 0.5) is 22.0 Å². The molecule has 1 amide bonds. The molecule has 0 spiro atoms. The predicted octanol–water partition coefficient (Wildman–Crippen LogP) is 6.67. The summed E-state index contributed by atoms with van der Waals surface area (Å²) in [5.41, 5.74) is -0.840. The summed E-state index contributed by atoms with van der Waals surface area (Å²) >= 11 is 0. The molecule has 250 valence electrons. The standard InChI is InChI=1S/C34H32F5NO6S/c35-23-9-12-25(13-10-23)47(44,45)33-16-17-40(31(41)20-4-6-21(7-5-20)32(42)43)30(33)15-8-22-18-24(11-14-27(22)33)46-19-26-28(34(37,38)39)2-1-3-29(26)36/h1-3,9-14,18,20-21,30H,4-8,15-17,19H2,(H,42,43)/t20-,21-,30-,33-/m1/s1. The van der Waals surface area contributed by atoms with Crippen LogP contribution in [0.3, 0.4) is 0 Å². The van der Waals surface area contributed by atoms with Gasteiger partial charge in [-0.25, -0.2) is 17.2 Å². The van der Waals surface area contributed by atoms with Crippen LogP contribution in [0.2, 0.25) is 0 Å². The van der Waals surface area contributed by atoms with Crippen LogP contribution in [0.15, 0.2) is 65.6 Å². The number of carbonyl (C=O) groups is 2. The van der Waals surface area contributed by atoms with Crippen LogP contribution < -0.4 is 4.74 Å². The fourth-order valence-corrected chi connectivity index (χ4v) is 10.00. The summed E-state index contributed by atoms with van der Waals surface area (Å²) in [6.45, 7) is -0.581. The minimum absolute atomic E-state index is 0.0466. The SMILES string of the molecule is O=C(O)[C@H]1CC[C@H](C(=O)N2CC[C@@]3(S(=O)(=O)c4ccc(F)cc4)c4ccc(OCc5c(F)cccc5C(F)(F)F)cc4CC[C@@H]23)CC1. The maximum Gasteiger partial charge on any atom is 0.416 e. The molecule has 3 aromatic carbocycles. The molecule has 1 saturated carbocycles. The fourth-order valence-electron chi connectivity index (χ4n) is 7.63. The minimum Gasteiger partial charge on any atom is -0.489 e. The van der Waals surface area contributed by atoms with Crippen LogP contribution in [-0.2, 0) is 43.4 Å². The lowest BCUT2D eigenvalue weighted by Gasteiger charge is -2.43. The van der Waals surface area contributed by atoms with Crippen molar-refractivity contribution in [3.05, 3.63) is 94.6 Å². The molecular weight excluding hydrogens is 645 g/mol. The van der Waals surface area contributed by atoms with E-state index in [2.05, 4.69) is 0 Å². The topological polar surface area (TPSA) is 101 Å². The molecule has 3 aliphatic rings. The Bertz CT molecular complexity index is 1800.